The van der Waals surface area contributed by atoms with Crippen molar-refractivity contribution in [2.75, 3.05) is 11.4 Å². The summed E-state index contributed by atoms with van der Waals surface area (Å²) >= 11 is 5.98. The molecule has 1 saturated heterocycles. The first-order valence-electron chi connectivity index (χ1n) is 10.0. The quantitative estimate of drug-likeness (QED) is 0.497. The predicted molar refractivity (Wildman–Crippen MR) is 113 cm³/mol. The van der Waals surface area contributed by atoms with Gasteiger partial charge in [0.1, 0.15) is 0 Å². The fraction of sp³-hybridized carbons (Fsp3) is 0.318. The van der Waals surface area contributed by atoms with Crippen LogP contribution in [0.4, 0.5) is 18.9 Å². The predicted octanol–water partition coefficient (Wildman–Crippen LogP) is 6.15. The third kappa shape index (κ3) is 4.29. The van der Waals surface area contributed by atoms with E-state index >= 15 is 0 Å². The average molecular weight is 466 g/mol. The first-order chi connectivity index (χ1) is 15.1. The molecule has 1 aliphatic rings. The van der Waals surface area contributed by atoms with Gasteiger partial charge in [0, 0.05) is 29.4 Å². The number of aromatic nitrogens is 2. The number of piperidine rings is 1. The van der Waals surface area contributed by atoms with Crippen LogP contribution in [0.25, 0.3) is 22.8 Å². The van der Waals surface area contributed by atoms with Crippen molar-refractivity contribution in [2.24, 2.45) is 0 Å². The van der Waals surface area contributed by atoms with Crippen LogP contribution in [0.15, 0.2) is 40.9 Å². The molecule has 1 atom stereocenters. The van der Waals surface area contributed by atoms with Crippen LogP contribution in [0.1, 0.15) is 42.1 Å². The lowest BCUT2D eigenvalue weighted by Crippen LogP contribution is -2.38. The molecule has 6 nitrogen and oxygen atoms in total. The number of halogens is 4. The summed E-state index contributed by atoms with van der Waals surface area (Å²) < 4.78 is 46.9. The smallest absolute Gasteiger partial charge is 0.418 e. The molecule has 10 heteroatoms. The lowest BCUT2D eigenvalue weighted by Gasteiger charge is -2.37. The molecule has 1 aromatic heterocycles. The van der Waals surface area contributed by atoms with Crippen LogP contribution in [-0.2, 0) is 6.18 Å². The minimum atomic E-state index is -4.55. The minimum absolute atomic E-state index is 0.0132. The number of anilines is 1. The third-order valence-corrected chi connectivity index (χ3v) is 5.86. The monoisotopic (exact) mass is 465 g/mol. The molecule has 0 saturated carbocycles. The van der Waals surface area contributed by atoms with Crippen LogP contribution >= 0.6 is 11.6 Å². The Hall–Kier alpha value is -3.07. The molecule has 2 aromatic carbocycles. The zero-order valence-electron chi connectivity index (χ0n) is 17.0. The van der Waals surface area contributed by atoms with E-state index in [9.17, 15) is 18.0 Å². The van der Waals surface area contributed by atoms with Gasteiger partial charge in [-0.05, 0) is 56.5 Å². The minimum Gasteiger partial charge on any atom is -0.478 e. The van der Waals surface area contributed by atoms with E-state index in [0.29, 0.717) is 12.1 Å². The van der Waals surface area contributed by atoms with Gasteiger partial charge >= 0.3 is 12.1 Å². The number of carboxylic acid groups (broad SMARTS) is 1. The zero-order chi connectivity index (χ0) is 23.0. The molecular formula is C22H19ClF3N3O3. The molecule has 1 aliphatic heterocycles. The first-order valence-corrected chi connectivity index (χ1v) is 10.4. The number of benzene rings is 2. The summed E-state index contributed by atoms with van der Waals surface area (Å²) in [6.07, 6.45) is -1.86. The van der Waals surface area contributed by atoms with E-state index in [2.05, 4.69) is 10.1 Å². The van der Waals surface area contributed by atoms with Crippen molar-refractivity contribution in [2.45, 2.75) is 38.4 Å². The third-order valence-electron chi connectivity index (χ3n) is 5.55. The molecule has 168 valence electrons. The summed E-state index contributed by atoms with van der Waals surface area (Å²) in [6, 6.07) is 8.13. The van der Waals surface area contributed by atoms with Gasteiger partial charge in [-0.2, -0.15) is 18.2 Å². The Morgan fingerprint density at radius 2 is 1.94 bits per heavy atom. The number of hydrogen-bond donors (Lipinski definition) is 1. The number of nitrogens with zero attached hydrogens (tertiary/aromatic N) is 3. The molecule has 0 bridgehead atoms. The largest absolute Gasteiger partial charge is 0.478 e. The molecule has 32 heavy (non-hydrogen) atoms. The van der Waals surface area contributed by atoms with Crippen molar-refractivity contribution < 1.29 is 27.6 Å². The summed E-state index contributed by atoms with van der Waals surface area (Å²) in [7, 11) is 0. The van der Waals surface area contributed by atoms with Crippen molar-refractivity contribution in [3.8, 4) is 22.8 Å². The Bertz CT molecular complexity index is 1160. The highest BCUT2D eigenvalue weighted by Gasteiger charge is 2.37. The van der Waals surface area contributed by atoms with Gasteiger partial charge in [-0.15, -0.1) is 0 Å². The first kappa shape index (κ1) is 22.1. The van der Waals surface area contributed by atoms with Crippen LogP contribution in [-0.4, -0.2) is 33.8 Å². The second-order valence-corrected chi connectivity index (χ2v) is 8.10. The van der Waals surface area contributed by atoms with Crippen LogP contribution in [0, 0.1) is 0 Å². The van der Waals surface area contributed by atoms with E-state index in [1.807, 2.05) is 6.92 Å². The van der Waals surface area contributed by atoms with Gasteiger partial charge in [-0.1, -0.05) is 22.8 Å². The maximum Gasteiger partial charge on any atom is 0.418 e. The molecule has 0 spiro atoms. The summed E-state index contributed by atoms with van der Waals surface area (Å²) in [5.74, 6) is -1.18. The van der Waals surface area contributed by atoms with Crippen molar-refractivity contribution in [3.63, 3.8) is 0 Å². The Morgan fingerprint density at radius 1 is 1.19 bits per heavy atom. The van der Waals surface area contributed by atoms with E-state index < -0.39 is 17.7 Å². The van der Waals surface area contributed by atoms with E-state index in [1.165, 1.54) is 30.3 Å². The highest BCUT2D eigenvalue weighted by Crippen LogP contribution is 2.41. The molecule has 0 radical (unpaired) electrons. The number of alkyl halides is 3. The van der Waals surface area contributed by atoms with E-state index in [-0.39, 0.29) is 39.6 Å². The molecule has 3 aromatic rings. The molecule has 2 heterocycles. The SMILES string of the molecule is CC1CCCCN1c1ccc(-c2nc(-c3ccc(C(=O)O)c(Cl)c3)no2)cc1C(F)(F)F. The highest BCUT2D eigenvalue weighted by molar-refractivity contribution is 6.33. The number of carboxylic acids is 1. The second-order valence-electron chi connectivity index (χ2n) is 7.69. The van der Waals surface area contributed by atoms with E-state index in [0.717, 1.165) is 25.3 Å². The van der Waals surface area contributed by atoms with Gasteiger partial charge in [0.05, 0.1) is 16.1 Å². The topological polar surface area (TPSA) is 79.5 Å². The van der Waals surface area contributed by atoms with Crippen LogP contribution < -0.4 is 4.90 Å². The van der Waals surface area contributed by atoms with Gasteiger partial charge in [0.15, 0.2) is 0 Å². The van der Waals surface area contributed by atoms with Crippen molar-refractivity contribution in [1.82, 2.24) is 10.1 Å². The molecule has 1 unspecified atom stereocenters. The fourth-order valence-corrected chi connectivity index (χ4v) is 4.15. The lowest BCUT2D eigenvalue weighted by molar-refractivity contribution is -0.137. The van der Waals surface area contributed by atoms with Gasteiger partial charge in [0.2, 0.25) is 5.82 Å². The number of rotatable bonds is 4. The van der Waals surface area contributed by atoms with Crippen LogP contribution in [0.2, 0.25) is 5.02 Å². The van der Waals surface area contributed by atoms with Crippen LogP contribution in [0.3, 0.4) is 0 Å². The molecule has 1 N–H and O–H groups in total. The Balaban J connectivity index is 1.70. The van der Waals surface area contributed by atoms with Crippen molar-refractivity contribution >= 4 is 23.3 Å². The number of carbonyl (C=O) groups is 1. The zero-order valence-corrected chi connectivity index (χ0v) is 17.7. The molecule has 1 fully saturated rings. The molecular weight excluding hydrogens is 447 g/mol. The average Bonchev–Trinajstić information content (AvgIpc) is 3.23. The fourth-order valence-electron chi connectivity index (χ4n) is 3.89. The summed E-state index contributed by atoms with van der Waals surface area (Å²) in [4.78, 5) is 17.1. The summed E-state index contributed by atoms with van der Waals surface area (Å²) in [5.41, 5.74) is -0.180. The Labute approximate surface area is 186 Å². The van der Waals surface area contributed by atoms with Gasteiger partial charge < -0.3 is 14.5 Å². The maximum absolute atomic E-state index is 13.9. The molecule has 0 amide bonds. The standard InChI is InChI=1S/C22H19ClF3N3O3/c1-12-4-2-3-9-29(12)18-8-6-14(10-16(18)22(24,25)26)20-27-19(28-32-20)13-5-7-15(21(30)31)17(23)11-13/h5-8,10-12H,2-4,9H2,1H3,(H,30,31). The normalized spacial score (nSPS) is 16.9. The Morgan fingerprint density at radius 3 is 2.59 bits per heavy atom. The lowest BCUT2D eigenvalue weighted by atomic mass is 9.99. The highest BCUT2D eigenvalue weighted by atomic mass is 35.5. The van der Waals surface area contributed by atoms with E-state index in [4.69, 9.17) is 21.2 Å². The van der Waals surface area contributed by atoms with Gasteiger partial charge in [-0.25, -0.2) is 4.79 Å². The van der Waals surface area contributed by atoms with Crippen molar-refractivity contribution in [1.29, 1.82) is 0 Å². The number of hydrogen-bond acceptors (Lipinski definition) is 5. The molecule has 0 aliphatic carbocycles. The number of aromatic carboxylic acids is 1. The van der Waals surface area contributed by atoms with E-state index in [1.54, 1.807) is 4.90 Å². The maximum atomic E-state index is 13.9. The van der Waals surface area contributed by atoms with Gasteiger partial charge in [0.25, 0.3) is 5.89 Å². The summed E-state index contributed by atoms with van der Waals surface area (Å²) in [6.45, 7) is 2.50. The Kier molecular flexibility index (Phi) is 5.85. The van der Waals surface area contributed by atoms with Gasteiger partial charge in [-0.3, -0.25) is 0 Å². The van der Waals surface area contributed by atoms with Crippen molar-refractivity contribution in [3.05, 3.63) is 52.5 Å². The molecule has 4 rings (SSSR count). The second kappa shape index (κ2) is 8.46. The summed E-state index contributed by atoms with van der Waals surface area (Å²) in [5, 5.41) is 12.9. The van der Waals surface area contributed by atoms with Crippen LogP contribution in [0.5, 0.6) is 0 Å².